The molecule has 0 radical (unpaired) electrons. The maximum absolute atomic E-state index is 11.5. The second kappa shape index (κ2) is 6.51. The highest BCUT2D eigenvalue weighted by atomic mass is 32.1. The molecule has 3 N–H and O–H groups in total. The number of ether oxygens (including phenoxy) is 1. The van der Waals surface area contributed by atoms with Crippen LogP contribution in [0.2, 0.25) is 0 Å². The average Bonchev–Trinajstić information content (AvgIpc) is 2.85. The molecule has 1 heterocycles. The van der Waals surface area contributed by atoms with Crippen molar-refractivity contribution in [2.24, 2.45) is 5.84 Å². The Morgan fingerprint density at radius 2 is 2.10 bits per heavy atom. The maximum Gasteiger partial charge on any atom is 0.275 e. The lowest BCUT2D eigenvalue weighted by Crippen LogP contribution is -2.29. The molecule has 0 fully saturated rings. The third kappa shape index (κ3) is 3.68. The van der Waals surface area contributed by atoms with E-state index >= 15 is 0 Å². The monoisotopic (exact) mass is 304 g/mol. The predicted octanol–water partition coefficient (Wildman–Crippen LogP) is 2.44. The van der Waals surface area contributed by atoms with Gasteiger partial charge in [0.2, 0.25) is 0 Å². The van der Waals surface area contributed by atoms with Gasteiger partial charge in [-0.1, -0.05) is 12.1 Å². The number of nitrogens with one attached hydrogen (secondary N) is 1. The highest BCUT2D eigenvalue weighted by Crippen LogP contribution is 2.23. The van der Waals surface area contributed by atoms with E-state index in [2.05, 4.69) is 5.43 Å². The molecule has 0 aliphatic rings. The molecule has 0 spiro atoms. The molecule has 2 aromatic rings. The number of nitrogens with two attached hydrogens (primary N) is 1. The Morgan fingerprint density at radius 3 is 2.76 bits per heavy atom. The number of hydrazine groups is 1. The van der Waals surface area contributed by atoms with Crippen molar-refractivity contribution in [3.05, 3.63) is 51.2 Å². The number of carbonyl (C=O) groups excluding carboxylic acids is 2. The van der Waals surface area contributed by atoms with Gasteiger partial charge < -0.3 is 4.74 Å². The van der Waals surface area contributed by atoms with Crippen molar-refractivity contribution in [1.29, 1.82) is 0 Å². The molecule has 0 atom stereocenters. The Labute approximate surface area is 126 Å². The molecule has 0 aliphatic heterocycles. The molecular formula is C15H16N2O3S. The van der Waals surface area contributed by atoms with Gasteiger partial charge in [0.05, 0.1) is 4.88 Å². The van der Waals surface area contributed by atoms with Crippen LogP contribution < -0.4 is 16.0 Å². The Hall–Kier alpha value is -2.18. The van der Waals surface area contributed by atoms with E-state index in [0.717, 1.165) is 10.4 Å². The Morgan fingerprint density at radius 1 is 1.33 bits per heavy atom. The molecule has 1 aromatic carbocycles. The van der Waals surface area contributed by atoms with Gasteiger partial charge in [-0.3, -0.25) is 15.0 Å². The van der Waals surface area contributed by atoms with Crippen LogP contribution in [0.25, 0.3) is 0 Å². The van der Waals surface area contributed by atoms with Gasteiger partial charge >= 0.3 is 0 Å². The topological polar surface area (TPSA) is 81.4 Å². The van der Waals surface area contributed by atoms with Crippen LogP contribution >= 0.6 is 11.3 Å². The summed E-state index contributed by atoms with van der Waals surface area (Å²) in [5, 5.41) is 0. The van der Waals surface area contributed by atoms with E-state index in [1.165, 1.54) is 18.3 Å². The normalized spacial score (nSPS) is 10.2. The van der Waals surface area contributed by atoms with Crippen LogP contribution in [0.1, 0.15) is 37.4 Å². The Kier molecular flexibility index (Phi) is 4.72. The van der Waals surface area contributed by atoms with E-state index in [0.29, 0.717) is 22.8 Å². The van der Waals surface area contributed by atoms with Crippen LogP contribution in [-0.2, 0) is 6.61 Å². The molecular weight excluding hydrogens is 288 g/mol. The first-order valence-electron chi connectivity index (χ1n) is 6.35. The molecule has 0 saturated heterocycles. The summed E-state index contributed by atoms with van der Waals surface area (Å²) in [5.74, 6) is 5.42. The van der Waals surface area contributed by atoms with Crippen LogP contribution in [0.3, 0.4) is 0 Å². The lowest BCUT2D eigenvalue weighted by atomic mass is 10.1. The maximum atomic E-state index is 11.5. The molecule has 2 rings (SSSR count). The number of carbonyl (C=O) groups is 2. The first-order valence-corrected chi connectivity index (χ1v) is 7.17. The van der Waals surface area contributed by atoms with Crippen LogP contribution in [-0.4, -0.2) is 11.7 Å². The third-order valence-electron chi connectivity index (χ3n) is 3.01. The van der Waals surface area contributed by atoms with Gasteiger partial charge in [0.25, 0.3) is 5.91 Å². The fourth-order valence-electron chi connectivity index (χ4n) is 1.81. The van der Waals surface area contributed by atoms with E-state index in [1.54, 1.807) is 30.3 Å². The summed E-state index contributed by atoms with van der Waals surface area (Å²) in [6, 6.07) is 8.78. The minimum Gasteiger partial charge on any atom is -0.489 e. The van der Waals surface area contributed by atoms with Gasteiger partial charge in [-0.25, -0.2) is 5.84 Å². The molecule has 21 heavy (non-hydrogen) atoms. The SMILES string of the molecule is CC(=O)c1cccc(OCc2cc(C(=O)NN)sc2C)c1. The van der Waals surface area contributed by atoms with E-state index in [-0.39, 0.29) is 11.7 Å². The number of Topliss-reactive ketones (excluding diaryl/α,β-unsaturated/α-hetero) is 1. The molecule has 6 heteroatoms. The highest BCUT2D eigenvalue weighted by Gasteiger charge is 2.12. The molecule has 1 aromatic heterocycles. The van der Waals surface area contributed by atoms with Crippen molar-refractivity contribution in [2.45, 2.75) is 20.5 Å². The van der Waals surface area contributed by atoms with Gasteiger partial charge in [-0.2, -0.15) is 0 Å². The number of aryl methyl sites for hydroxylation is 1. The number of nitrogen functional groups attached to an aromatic ring is 1. The number of hydrogen-bond acceptors (Lipinski definition) is 5. The summed E-state index contributed by atoms with van der Waals surface area (Å²) in [7, 11) is 0. The van der Waals surface area contributed by atoms with Crippen molar-refractivity contribution in [2.75, 3.05) is 0 Å². The minimum absolute atomic E-state index is 0.00549. The Balaban J connectivity index is 2.09. The summed E-state index contributed by atoms with van der Waals surface area (Å²) < 4.78 is 5.68. The molecule has 0 saturated carbocycles. The summed E-state index contributed by atoms with van der Waals surface area (Å²) in [5.41, 5.74) is 3.64. The largest absolute Gasteiger partial charge is 0.489 e. The quantitative estimate of drug-likeness (QED) is 0.385. The van der Waals surface area contributed by atoms with E-state index < -0.39 is 0 Å². The number of rotatable bonds is 5. The summed E-state index contributed by atoms with van der Waals surface area (Å²) in [6.07, 6.45) is 0. The zero-order valence-corrected chi connectivity index (χ0v) is 12.6. The van der Waals surface area contributed by atoms with Crippen molar-refractivity contribution >= 4 is 23.0 Å². The van der Waals surface area contributed by atoms with Crippen molar-refractivity contribution in [3.8, 4) is 5.75 Å². The predicted molar refractivity (Wildman–Crippen MR) is 81.5 cm³/mol. The number of amides is 1. The zero-order valence-electron chi connectivity index (χ0n) is 11.8. The van der Waals surface area contributed by atoms with Crippen LogP contribution in [0.15, 0.2) is 30.3 Å². The standard InChI is InChI=1S/C15H16N2O3S/c1-9(18)11-4-3-5-13(6-11)20-8-12-7-14(15(19)17-16)21-10(12)2/h3-7H,8,16H2,1-2H3,(H,17,19). The number of thiophene rings is 1. The molecule has 0 bridgehead atoms. The summed E-state index contributed by atoms with van der Waals surface area (Å²) >= 11 is 1.36. The van der Waals surface area contributed by atoms with Crippen LogP contribution in [0, 0.1) is 6.92 Å². The average molecular weight is 304 g/mol. The second-order valence-electron chi connectivity index (χ2n) is 4.54. The van der Waals surface area contributed by atoms with Gasteiger partial charge in [0.15, 0.2) is 5.78 Å². The number of hydrogen-bond donors (Lipinski definition) is 2. The minimum atomic E-state index is -0.312. The van der Waals surface area contributed by atoms with E-state index in [4.69, 9.17) is 10.6 Å². The second-order valence-corrected chi connectivity index (χ2v) is 5.79. The molecule has 0 unspecified atom stereocenters. The smallest absolute Gasteiger partial charge is 0.275 e. The molecule has 1 amide bonds. The summed E-state index contributed by atoms with van der Waals surface area (Å²) in [4.78, 5) is 24.3. The summed E-state index contributed by atoms with van der Waals surface area (Å²) in [6.45, 7) is 3.77. The fraction of sp³-hybridized carbons (Fsp3) is 0.200. The number of benzene rings is 1. The van der Waals surface area contributed by atoms with E-state index in [9.17, 15) is 9.59 Å². The van der Waals surface area contributed by atoms with Crippen molar-refractivity contribution in [1.82, 2.24) is 5.43 Å². The fourth-order valence-corrected chi connectivity index (χ4v) is 2.74. The van der Waals surface area contributed by atoms with Crippen LogP contribution in [0.4, 0.5) is 0 Å². The number of ketones is 1. The van der Waals surface area contributed by atoms with E-state index in [1.807, 2.05) is 6.92 Å². The third-order valence-corrected chi connectivity index (χ3v) is 4.10. The first kappa shape index (κ1) is 15.2. The van der Waals surface area contributed by atoms with Crippen molar-refractivity contribution in [3.63, 3.8) is 0 Å². The van der Waals surface area contributed by atoms with Crippen LogP contribution in [0.5, 0.6) is 5.75 Å². The lowest BCUT2D eigenvalue weighted by Gasteiger charge is -2.06. The van der Waals surface area contributed by atoms with Gasteiger partial charge in [-0.05, 0) is 32.0 Å². The van der Waals surface area contributed by atoms with Gasteiger partial charge in [0.1, 0.15) is 12.4 Å². The molecule has 5 nitrogen and oxygen atoms in total. The van der Waals surface area contributed by atoms with Crippen molar-refractivity contribution < 1.29 is 14.3 Å². The lowest BCUT2D eigenvalue weighted by molar-refractivity contribution is 0.0956. The Bertz CT molecular complexity index is 679. The van der Waals surface area contributed by atoms with Gasteiger partial charge in [0, 0.05) is 16.0 Å². The zero-order chi connectivity index (χ0) is 15.4. The molecule has 110 valence electrons. The first-order chi connectivity index (χ1) is 10.0. The highest BCUT2D eigenvalue weighted by molar-refractivity contribution is 7.14. The molecule has 0 aliphatic carbocycles. The van der Waals surface area contributed by atoms with Gasteiger partial charge in [-0.15, -0.1) is 11.3 Å².